The van der Waals surface area contributed by atoms with Gasteiger partial charge in [-0.1, -0.05) is 64.8 Å². The molecule has 0 atom stereocenters. The number of rotatable bonds is 10. The first-order chi connectivity index (χ1) is 24.9. The van der Waals surface area contributed by atoms with Gasteiger partial charge in [-0.05, 0) is 87.7 Å². The highest BCUT2D eigenvalue weighted by molar-refractivity contribution is 7.94. The Hall–Kier alpha value is -4.38. The maximum Gasteiger partial charge on any atom is 0.248 e. The number of thiazole rings is 1. The normalized spacial score (nSPS) is 12.0. The number of hydrogen-bond acceptors (Lipinski definition) is 11. The molecule has 0 fully saturated rings. The Bertz CT molecular complexity index is 2430. The van der Waals surface area contributed by atoms with E-state index in [1.54, 1.807) is 11.3 Å². The van der Waals surface area contributed by atoms with Gasteiger partial charge in [0, 0.05) is 27.1 Å². The number of halogens is 2. The Labute approximate surface area is 324 Å². The SMILES string of the molecule is CC(C)(C(=O)Nc1cc(-c2ccccc2)no1)S(=O)(=O)c1ccc(Cl)cc1.CC(C)(C(=O)Nc1nc(-c2cccs2)cs1)S(=O)(=O)c1ccc(Cl)cc1. The van der Waals surface area contributed by atoms with Crippen molar-refractivity contribution in [1.29, 1.82) is 0 Å². The number of carbonyl (C=O) groups is 2. The van der Waals surface area contributed by atoms with Gasteiger partial charge in [-0.2, -0.15) is 0 Å². The molecule has 6 aromatic rings. The van der Waals surface area contributed by atoms with Gasteiger partial charge in [0.15, 0.2) is 24.8 Å². The van der Waals surface area contributed by atoms with Gasteiger partial charge in [-0.25, -0.2) is 21.8 Å². The number of aromatic nitrogens is 2. The second kappa shape index (κ2) is 15.9. The zero-order valence-electron chi connectivity index (χ0n) is 28.5. The van der Waals surface area contributed by atoms with Crippen LogP contribution in [0.5, 0.6) is 0 Å². The van der Waals surface area contributed by atoms with Gasteiger partial charge in [0.1, 0.15) is 15.2 Å². The molecule has 3 aromatic heterocycles. The molecular weight excluding hydrogens is 800 g/mol. The predicted octanol–water partition coefficient (Wildman–Crippen LogP) is 8.90. The third-order valence-electron chi connectivity index (χ3n) is 8.00. The summed E-state index contributed by atoms with van der Waals surface area (Å²) in [6.07, 6.45) is 0. The number of nitrogens with zero attached hydrogens (tertiary/aromatic N) is 2. The van der Waals surface area contributed by atoms with Crippen LogP contribution in [0.2, 0.25) is 10.0 Å². The topological polar surface area (TPSA) is 165 Å². The molecule has 2 N–H and O–H groups in total. The van der Waals surface area contributed by atoms with E-state index in [2.05, 4.69) is 20.8 Å². The molecule has 0 unspecified atom stereocenters. The fourth-order valence-electron chi connectivity index (χ4n) is 4.52. The molecule has 11 nitrogen and oxygen atoms in total. The minimum absolute atomic E-state index is 0.00888. The molecule has 0 radical (unpaired) electrons. The lowest BCUT2D eigenvalue weighted by Gasteiger charge is -2.23. The number of thiophene rings is 1. The lowest BCUT2D eigenvalue weighted by atomic mass is 10.1. The Kier molecular flexibility index (Phi) is 12.0. The summed E-state index contributed by atoms with van der Waals surface area (Å²) in [6.45, 7) is 5.42. The Morgan fingerprint density at radius 1 is 0.679 bits per heavy atom. The van der Waals surface area contributed by atoms with Crippen LogP contribution in [0.15, 0.2) is 122 Å². The monoisotopic (exact) mass is 830 g/mol. The molecule has 2 amide bonds. The maximum atomic E-state index is 12.9. The van der Waals surface area contributed by atoms with Gasteiger partial charge in [0.2, 0.25) is 17.7 Å². The third kappa shape index (κ3) is 8.72. The largest absolute Gasteiger partial charge is 0.338 e. The van der Waals surface area contributed by atoms with Crippen molar-refractivity contribution in [3.8, 4) is 21.8 Å². The van der Waals surface area contributed by atoms with Crippen molar-refractivity contribution in [3.63, 3.8) is 0 Å². The third-order valence-corrected chi connectivity index (χ3v) is 15.0. The average Bonchev–Trinajstić information content (AvgIpc) is 3.92. The number of sulfone groups is 2. The summed E-state index contributed by atoms with van der Waals surface area (Å²) in [4.78, 5) is 30.7. The standard InChI is InChI=1S/C19H17ClN2O4S.C17H15ClN2O3S3/c1-19(2,27(24,25)15-10-8-14(20)9-11-15)18(23)21-17-12-16(22-26-17)13-6-4-3-5-7-13;1-17(2,26(22,23)12-7-5-11(18)6-8-12)15(21)20-16-19-13(10-25-16)14-4-3-9-24-14/h3-12H,1-2H3,(H,21,23);3-10H,1-2H3,(H,19,20,21). The number of anilines is 2. The van der Waals surface area contributed by atoms with E-state index in [-0.39, 0.29) is 15.7 Å². The summed E-state index contributed by atoms with van der Waals surface area (Å²) in [7, 11) is -7.86. The van der Waals surface area contributed by atoms with E-state index >= 15 is 0 Å². The van der Waals surface area contributed by atoms with Gasteiger partial charge >= 0.3 is 0 Å². The van der Waals surface area contributed by atoms with Gasteiger partial charge in [0.25, 0.3) is 0 Å². The average molecular weight is 832 g/mol. The van der Waals surface area contributed by atoms with Crippen LogP contribution >= 0.6 is 45.9 Å². The van der Waals surface area contributed by atoms with E-state index in [4.69, 9.17) is 27.7 Å². The maximum absolute atomic E-state index is 12.9. The quantitative estimate of drug-likeness (QED) is 0.137. The van der Waals surface area contributed by atoms with E-state index in [1.807, 2.05) is 53.2 Å². The van der Waals surface area contributed by atoms with Crippen molar-refractivity contribution in [2.24, 2.45) is 0 Å². The number of carbonyl (C=O) groups excluding carboxylic acids is 2. The zero-order chi connectivity index (χ0) is 38.6. The first-order valence-electron chi connectivity index (χ1n) is 15.6. The van der Waals surface area contributed by atoms with Crippen molar-refractivity contribution in [3.05, 3.63) is 118 Å². The summed E-state index contributed by atoms with van der Waals surface area (Å²) < 4.78 is 53.2. The molecule has 3 aromatic carbocycles. The molecule has 0 saturated heterocycles. The van der Waals surface area contributed by atoms with Crippen molar-refractivity contribution >= 4 is 88.4 Å². The van der Waals surface area contributed by atoms with E-state index < -0.39 is 41.0 Å². The van der Waals surface area contributed by atoms with Gasteiger partial charge in [-0.3, -0.25) is 14.9 Å². The fraction of sp³-hybridized carbons (Fsp3) is 0.167. The highest BCUT2D eigenvalue weighted by atomic mass is 35.5. The highest BCUT2D eigenvalue weighted by Crippen LogP contribution is 2.32. The molecule has 0 bridgehead atoms. The molecule has 6 rings (SSSR count). The number of hydrogen-bond donors (Lipinski definition) is 2. The molecule has 0 spiro atoms. The van der Waals surface area contributed by atoms with Gasteiger partial charge in [0.05, 0.1) is 20.4 Å². The molecule has 0 aliphatic rings. The summed E-state index contributed by atoms with van der Waals surface area (Å²) in [5.41, 5.74) is 2.10. The molecule has 0 aliphatic heterocycles. The smallest absolute Gasteiger partial charge is 0.248 e. The first-order valence-corrected chi connectivity index (χ1v) is 21.1. The molecule has 276 valence electrons. The Balaban J connectivity index is 0.000000204. The van der Waals surface area contributed by atoms with Crippen LogP contribution in [-0.2, 0) is 29.3 Å². The number of amides is 2. The minimum atomic E-state index is -3.95. The lowest BCUT2D eigenvalue weighted by molar-refractivity contribution is -0.118. The van der Waals surface area contributed by atoms with Crippen LogP contribution in [0, 0.1) is 0 Å². The van der Waals surface area contributed by atoms with Crippen LogP contribution in [0.25, 0.3) is 21.8 Å². The van der Waals surface area contributed by atoms with Gasteiger partial charge in [-0.15, -0.1) is 22.7 Å². The van der Waals surface area contributed by atoms with Crippen LogP contribution in [0.4, 0.5) is 11.0 Å². The molecule has 3 heterocycles. The van der Waals surface area contributed by atoms with Crippen LogP contribution in [0.3, 0.4) is 0 Å². The summed E-state index contributed by atoms with van der Waals surface area (Å²) in [6, 6.07) is 26.1. The van der Waals surface area contributed by atoms with Crippen molar-refractivity contribution in [2.45, 2.75) is 47.0 Å². The summed E-state index contributed by atoms with van der Waals surface area (Å²) in [5, 5.41) is 14.0. The lowest BCUT2D eigenvalue weighted by Crippen LogP contribution is -2.44. The van der Waals surface area contributed by atoms with Crippen molar-refractivity contribution in [2.75, 3.05) is 10.6 Å². The van der Waals surface area contributed by atoms with Crippen LogP contribution in [0.1, 0.15) is 27.7 Å². The van der Waals surface area contributed by atoms with E-state index in [9.17, 15) is 26.4 Å². The van der Waals surface area contributed by atoms with Crippen LogP contribution < -0.4 is 10.6 Å². The molecule has 0 aliphatic carbocycles. The molecule has 53 heavy (non-hydrogen) atoms. The fourth-order valence-corrected chi connectivity index (χ4v) is 8.99. The Morgan fingerprint density at radius 3 is 1.72 bits per heavy atom. The summed E-state index contributed by atoms with van der Waals surface area (Å²) in [5.74, 6) is -1.30. The van der Waals surface area contributed by atoms with Crippen LogP contribution in [-0.4, -0.2) is 48.3 Å². The highest BCUT2D eigenvalue weighted by Gasteiger charge is 2.44. The molecular formula is C36H32Cl2N4O7S4. The number of benzene rings is 3. The minimum Gasteiger partial charge on any atom is -0.338 e. The van der Waals surface area contributed by atoms with E-state index in [0.717, 1.165) is 16.1 Å². The second-order valence-electron chi connectivity index (χ2n) is 12.3. The van der Waals surface area contributed by atoms with Crippen molar-refractivity contribution in [1.82, 2.24) is 10.1 Å². The van der Waals surface area contributed by atoms with Gasteiger partial charge < -0.3 is 9.84 Å². The van der Waals surface area contributed by atoms with E-state index in [1.165, 1.54) is 93.6 Å². The molecule has 17 heteroatoms. The van der Waals surface area contributed by atoms with Crippen molar-refractivity contribution < 1.29 is 30.9 Å². The molecule has 0 saturated carbocycles. The number of nitrogens with one attached hydrogen (secondary N) is 2. The first kappa shape index (κ1) is 39.8. The second-order valence-corrected chi connectivity index (χ2v) is 20.0. The zero-order valence-corrected chi connectivity index (χ0v) is 33.3. The summed E-state index contributed by atoms with van der Waals surface area (Å²) >= 11 is 14.4. The Morgan fingerprint density at radius 2 is 1.21 bits per heavy atom. The predicted molar refractivity (Wildman–Crippen MR) is 210 cm³/mol. The van der Waals surface area contributed by atoms with E-state index in [0.29, 0.717) is 20.9 Å².